The van der Waals surface area contributed by atoms with Crippen LogP contribution >= 0.6 is 0 Å². The Kier molecular flexibility index (Phi) is 2.35. The fourth-order valence-corrected chi connectivity index (χ4v) is 2.24. The predicted molar refractivity (Wildman–Crippen MR) is 65.7 cm³/mol. The molecule has 0 fully saturated rings. The van der Waals surface area contributed by atoms with E-state index in [9.17, 15) is 9.59 Å². The van der Waals surface area contributed by atoms with E-state index in [1.807, 2.05) is 0 Å². The molecule has 0 amide bonds. The summed E-state index contributed by atoms with van der Waals surface area (Å²) in [6.45, 7) is -0.142. The molecule has 1 N–H and O–H groups in total. The van der Waals surface area contributed by atoms with Gasteiger partial charge in [-0.1, -0.05) is 30.3 Å². The summed E-state index contributed by atoms with van der Waals surface area (Å²) in [5.74, 6) is -0.291. The standard InChI is InChI=1S/C15H10O3/c16-8-9-5-6-12-13(7-9)15(18)11-4-2-1-3-10(11)14(12)17/h1-7,16H,8H2. The fraction of sp³-hybridized carbons (Fsp3) is 0.0667. The Morgan fingerprint density at radius 3 is 1.94 bits per heavy atom. The van der Waals surface area contributed by atoms with Gasteiger partial charge in [0, 0.05) is 22.3 Å². The van der Waals surface area contributed by atoms with E-state index in [0.29, 0.717) is 27.8 Å². The first-order valence-corrected chi connectivity index (χ1v) is 5.64. The molecule has 0 bridgehead atoms. The molecule has 0 spiro atoms. The van der Waals surface area contributed by atoms with Gasteiger partial charge in [-0.3, -0.25) is 9.59 Å². The van der Waals surface area contributed by atoms with Crippen molar-refractivity contribution in [3.8, 4) is 0 Å². The second-order valence-electron chi connectivity index (χ2n) is 4.24. The third-order valence-corrected chi connectivity index (χ3v) is 3.17. The Balaban J connectivity index is 2.27. The molecule has 0 unspecified atom stereocenters. The zero-order valence-corrected chi connectivity index (χ0v) is 9.51. The molecule has 0 saturated heterocycles. The summed E-state index contributed by atoms with van der Waals surface area (Å²) in [7, 11) is 0. The zero-order chi connectivity index (χ0) is 12.7. The summed E-state index contributed by atoms with van der Waals surface area (Å²) in [4.78, 5) is 24.5. The lowest BCUT2D eigenvalue weighted by atomic mass is 9.83. The monoisotopic (exact) mass is 238 g/mol. The van der Waals surface area contributed by atoms with Gasteiger partial charge in [-0.25, -0.2) is 0 Å². The highest BCUT2D eigenvalue weighted by molar-refractivity contribution is 6.28. The Morgan fingerprint density at radius 1 is 0.778 bits per heavy atom. The van der Waals surface area contributed by atoms with Crippen molar-refractivity contribution in [3.05, 3.63) is 70.3 Å². The highest BCUT2D eigenvalue weighted by Crippen LogP contribution is 2.27. The summed E-state index contributed by atoms with van der Waals surface area (Å²) in [5.41, 5.74) is 2.31. The smallest absolute Gasteiger partial charge is 0.194 e. The highest BCUT2D eigenvalue weighted by Gasteiger charge is 2.29. The predicted octanol–water partition coefficient (Wildman–Crippen LogP) is 1.95. The van der Waals surface area contributed by atoms with Gasteiger partial charge in [0.15, 0.2) is 11.6 Å². The van der Waals surface area contributed by atoms with Crippen LogP contribution in [0.1, 0.15) is 37.4 Å². The van der Waals surface area contributed by atoms with Crippen LogP contribution in [0.4, 0.5) is 0 Å². The van der Waals surface area contributed by atoms with Crippen LogP contribution in [0.2, 0.25) is 0 Å². The minimum atomic E-state index is -0.157. The maximum absolute atomic E-state index is 12.3. The van der Waals surface area contributed by atoms with Crippen molar-refractivity contribution < 1.29 is 14.7 Å². The summed E-state index contributed by atoms with van der Waals surface area (Å²) in [5, 5.41) is 9.09. The lowest BCUT2D eigenvalue weighted by molar-refractivity contribution is 0.0979. The van der Waals surface area contributed by atoms with E-state index in [1.165, 1.54) is 0 Å². The molecule has 0 aromatic heterocycles. The van der Waals surface area contributed by atoms with Gasteiger partial charge in [-0.05, 0) is 17.7 Å². The summed E-state index contributed by atoms with van der Waals surface area (Å²) < 4.78 is 0. The van der Waals surface area contributed by atoms with Crippen LogP contribution in [0.3, 0.4) is 0 Å². The first-order chi connectivity index (χ1) is 8.72. The number of hydrogen-bond donors (Lipinski definition) is 1. The van der Waals surface area contributed by atoms with E-state index in [-0.39, 0.29) is 18.2 Å². The van der Waals surface area contributed by atoms with Crippen molar-refractivity contribution in [2.45, 2.75) is 6.61 Å². The number of carbonyl (C=O) groups excluding carboxylic acids is 2. The van der Waals surface area contributed by atoms with Crippen molar-refractivity contribution in [1.29, 1.82) is 0 Å². The number of ketones is 2. The van der Waals surface area contributed by atoms with Crippen molar-refractivity contribution in [2.75, 3.05) is 0 Å². The van der Waals surface area contributed by atoms with Crippen LogP contribution < -0.4 is 0 Å². The van der Waals surface area contributed by atoms with E-state index in [4.69, 9.17) is 5.11 Å². The molecule has 0 heterocycles. The van der Waals surface area contributed by atoms with Crippen LogP contribution in [-0.4, -0.2) is 16.7 Å². The Morgan fingerprint density at radius 2 is 1.33 bits per heavy atom. The lowest BCUT2D eigenvalue weighted by Gasteiger charge is -2.17. The van der Waals surface area contributed by atoms with Crippen LogP contribution in [0.25, 0.3) is 0 Å². The average molecular weight is 238 g/mol. The molecule has 3 nitrogen and oxygen atoms in total. The summed E-state index contributed by atoms with van der Waals surface area (Å²) >= 11 is 0. The molecule has 3 rings (SSSR count). The quantitative estimate of drug-likeness (QED) is 0.705. The molecule has 2 aromatic rings. The van der Waals surface area contributed by atoms with Crippen molar-refractivity contribution in [2.24, 2.45) is 0 Å². The van der Waals surface area contributed by atoms with Gasteiger partial charge in [0.1, 0.15) is 0 Å². The molecule has 0 aliphatic heterocycles. The normalized spacial score (nSPS) is 13.2. The van der Waals surface area contributed by atoms with Gasteiger partial charge in [-0.15, -0.1) is 0 Å². The second-order valence-corrected chi connectivity index (χ2v) is 4.24. The second kappa shape index (κ2) is 3.89. The summed E-state index contributed by atoms with van der Waals surface area (Å²) in [6.07, 6.45) is 0. The number of fused-ring (bicyclic) bond motifs is 2. The van der Waals surface area contributed by atoms with Gasteiger partial charge in [0.2, 0.25) is 0 Å². The van der Waals surface area contributed by atoms with Crippen LogP contribution in [0.15, 0.2) is 42.5 Å². The Bertz CT molecular complexity index is 671. The molecule has 1 aliphatic rings. The molecule has 0 radical (unpaired) electrons. The SMILES string of the molecule is O=C1c2ccccc2C(=O)c2cc(CO)ccc21. The number of aliphatic hydroxyl groups is 1. The molecular formula is C15H10O3. The van der Waals surface area contributed by atoms with E-state index < -0.39 is 0 Å². The Labute approximate surface area is 104 Å². The molecule has 0 atom stereocenters. The van der Waals surface area contributed by atoms with Crippen molar-refractivity contribution in [1.82, 2.24) is 0 Å². The summed E-state index contributed by atoms with van der Waals surface area (Å²) in [6, 6.07) is 11.7. The van der Waals surface area contributed by atoms with Crippen molar-refractivity contribution >= 4 is 11.6 Å². The average Bonchev–Trinajstić information content (AvgIpc) is 2.44. The first kappa shape index (κ1) is 10.9. The van der Waals surface area contributed by atoms with E-state index in [0.717, 1.165) is 0 Å². The number of aliphatic hydroxyl groups excluding tert-OH is 1. The molecule has 2 aromatic carbocycles. The lowest BCUT2D eigenvalue weighted by Crippen LogP contribution is -2.20. The third-order valence-electron chi connectivity index (χ3n) is 3.17. The van der Waals surface area contributed by atoms with Crippen LogP contribution in [-0.2, 0) is 6.61 Å². The zero-order valence-electron chi connectivity index (χ0n) is 9.51. The molecule has 0 saturated carbocycles. The topological polar surface area (TPSA) is 54.4 Å². The Hall–Kier alpha value is -2.26. The molecule has 1 aliphatic carbocycles. The highest BCUT2D eigenvalue weighted by atomic mass is 16.3. The maximum atomic E-state index is 12.3. The number of rotatable bonds is 1. The van der Waals surface area contributed by atoms with Gasteiger partial charge >= 0.3 is 0 Å². The van der Waals surface area contributed by atoms with Gasteiger partial charge in [0.25, 0.3) is 0 Å². The first-order valence-electron chi connectivity index (χ1n) is 5.64. The fourth-order valence-electron chi connectivity index (χ4n) is 2.24. The van der Waals surface area contributed by atoms with Crippen LogP contribution in [0.5, 0.6) is 0 Å². The minimum Gasteiger partial charge on any atom is -0.392 e. The van der Waals surface area contributed by atoms with Crippen molar-refractivity contribution in [3.63, 3.8) is 0 Å². The molecular weight excluding hydrogens is 228 g/mol. The number of carbonyl (C=O) groups is 2. The minimum absolute atomic E-state index is 0.135. The molecule has 88 valence electrons. The van der Waals surface area contributed by atoms with Crippen LogP contribution in [0, 0.1) is 0 Å². The molecule has 18 heavy (non-hydrogen) atoms. The third kappa shape index (κ3) is 1.41. The molecule has 3 heteroatoms. The van der Waals surface area contributed by atoms with E-state index >= 15 is 0 Å². The maximum Gasteiger partial charge on any atom is 0.194 e. The van der Waals surface area contributed by atoms with Gasteiger partial charge in [0.05, 0.1) is 6.61 Å². The van der Waals surface area contributed by atoms with E-state index in [2.05, 4.69) is 0 Å². The number of benzene rings is 2. The largest absolute Gasteiger partial charge is 0.392 e. The number of hydrogen-bond acceptors (Lipinski definition) is 3. The van der Waals surface area contributed by atoms with E-state index in [1.54, 1.807) is 42.5 Å². The van der Waals surface area contributed by atoms with Gasteiger partial charge in [-0.2, -0.15) is 0 Å². The van der Waals surface area contributed by atoms with Gasteiger partial charge < -0.3 is 5.11 Å².